The molecule has 0 unspecified atom stereocenters. The van der Waals surface area contributed by atoms with Gasteiger partial charge < -0.3 is 15.2 Å². The van der Waals surface area contributed by atoms with Crippen LogP contribution in [0.4, 0.5) is 23.2 Å². The molecule has 0 radical (unpaired) electrons. The number of halogens is 4. The number of rotatable bonds is 5. The molecule has 6 nitrogen and oxygen atoms in total. The van der Waals surface area contributed by atoms with Gasteiger partial charge in [-0.25, -0.2) is 9.37 Å². The third kappa shape index (κ3) is 5.27. The van der Waals surface area contributed by atoms with Gasteiger partial charge in [0, 0.05) is 44.0 Å². The molecular weight excluding hydrogens is 462 g/mol. The lowest BCUT2D eigenvalue weighted by Crippen LogP contribution is -2.45. The first-order chi connectivity index (χ1) is 16.8. The molecule has 10 heteroatoms. The first-order valence-corrected chi connectivity index (χ1v) is 11.8. The van der Waals surface area contributed by atoms with E-state index >= 15 is 0 Å². The van der Waals surface area contributed by atoms with Gasteiger partial charge in [-0.15, -0.1) is 0 Å². The summed E-state index contributed by atoms with van der Waals surface area (Å²) in [7, 11) is 0. The Kier molecular flexibility index (Phi) is 6.39. The van der Waals surface area contributed by atoms with Gasteiger partial charge in [0.15, 0.2) is 0 Å². The predicted molar refractivity (Wildman–Crippen MR) is 125 cm³/mol. The minimum Gasteiger partial charge on any atom is -0.371 e. The second-order valence-corrected chi connectivity index (χ2v) is 9.30. The van der Waals surface area contributed by atoms with Crippen molar-refractivity contribution >= 4 is 22.6 Å². The van der Waals surface area contributed by atoms with Crippen LogP contribution in [-0.4, -0.2) is 59.0 Å². The number of imidazole rings is 1. The fourth-order valence-corrected chi connectivity index (χ4v) is 5.21. The summed E-state index contributed by atoms with van der Waals surface area (Å²) in [6.07, 6.45) is -1.76. The molecular formula is C25H27F4N5O. The number of nitrogens with zero attached hydrogens (tertiary/aromatic N) is 3. The van der Waals surface area contributed by atoms with Crippen LogP contribution in [0.15, 0.2) is 42.5 Å². The minimum absolute atomic E-state index is 0.00717. The molecule has 1 aromatic heterocycles. The number of piperidine rings is 1. The van der Waals surface area contributed by atoms with Crippen molar-refractivity contribution in [3.05, 3.63) is 59.7 Å². The van der Waals surface area contributed by atoms with E-state index in [9.17, 15) is 22.4 Å². The number of para-hydroxylation sites is 1. The van der Waals surface area contributed by atoms with Crippen molar-refractivity contribution in [2.45, 2.75) is 43.9 Å². The highest BCUT2D eigenvalue weighted by Crippen LogP contribution is 2.33. The van der Waals surface area contributed by atoms with Crippen molar-refractivity contribution in [2.24, 2.45) is 0 Å². The lowest BCUT2D eigenvalue weighted by Gasteiger charge is -2.38. The van der Waals surface area contributed by atoms with Crippen LogP contribution in [0.5, 0.6) is 0 Å². The molecule has 186 valence electrons. The third-order valence-corrected chi connectivity index (χ3v) is 6.96. The van der Waals surface area contributed by atoms with E-state index in [0.29, 0.717) is 6.04 Å². The molecule has 1 atom stereocenters. The topological polar surface area (TPSA) is 64.3 Å². The summed E-state index contributed by atoms with van der Waals surface area (Å²) in [6.45, 7) is 3.45. The molecule has 0 spiro atoms. The summed E-state index contributed by atoms with van der Waals surface area (Å²) in [5.41, 5.74) is 0.346. The number of likely N-dealkylation sites (tertiary alicyclic amines) is 1. The van der Waals surface area contributed by atoms with Crippen molar-refractivity contribution in [3.63, 3.8) is 0 Å². The van der Waals surface area contributed by atoms with Crippen molar-refractivity contribution in [2.75, 3.05) is 31.1 Å². The Morgan fingerprint density at radius 3 is 2.51 bits per heavy atom. The van der Waals surface area contributed by atoms with Gasteiger partial charge in [-0.2, -0.15) is 13.2 Å². The summed E-state index contributed by atoms with van der Waals surface area (Å²) in [4.78, 5) is 24.1. The number of nitrogens with one attached hydrogen (secondary N) is 2. The molecule has 5 rings (SSSR count). The molecule has 3 heterocycles. The minimum atomic E-state index is -4.49. The Hall–Kier alpha value is -3.14. The van der Waals surface area contributed by atoms with E-state index in [0.717, 1.165) is 57.2 Å². The predicted octanol–water partition coefficient (Wildman–Crippen LogP) is 4.12. The maximum absolute atomic E-state index is 13.2. The fourth-order valence-electron chi connectivity index (χ4n) is 5.21. The van der Waals surface area contributed by atoms with E-state index in [2.05, 4.69) is 25.1 Å². The smallest absolute Gasteiger partial charge is 0.371 e. The summed E-state index contributed by atoms with van der Waals surface area (Å²) >= 11 is 0. The molecule has 2 aliphatic heterocycles. The zero-order valence-corrected chi connectivity index (χ0v) is 19.1. The molecule has 0 aliphatic carbocycles. The molecule has 35 heavy (non-hydrogen) atoms. The van der Waals surface area contributed by atoms with Crippen LogP contribution in [0, 0.1) is 5.82 Å². The lowest BCUT2D eigenvalue weighted by molar-refractivity contribution is -0.136. The number of aromatic nitrogens is 2. The van der Waals surface area contributed by atoms with Crippen LogP contribution < -0.4 is 10.2 Å². The van der Waals surface area contributed by atoms with E-state index in [4.69, 9.17) is 0 Å². The Morgan fingerprint density at radius 2 is 1.80 bits per heavy atom. The summed E-state index contributed by atoms with van der Waals surface area (Å²) < 4.78 is 52.8. The quantitative estimate of drug-likeness (QED) is 0.530. The van der Waals surface area contributed by atoms with Crippen molar-refractivity contribution < 1.29 is 22.4 Å². The molecule has 2 aliphatic rings. The first-order valence-electron chi connectivity index (χ1n) is 11.8. The van der Waals surface area contributed by atoms with E-state index in [1.54, 1.807) is 0 Å². The van der Waals surface area contributed by atoms with Crippen LogP contribution in [0.25, 0.3) is 11.0 Å². The number of fused-ring (bicyclic) bond motifs is 1. The second-order valence-electron chi connectivity index (χ2n) is 9.30. The van der Waals surface area contributed by atoms with Crippen LogP contribution in [0.2, 0.25) is 0 Å². The molecule has 2 saturated heterocycles. The van der Waals surface area contributed by atoms with Crippen LogP contribution >= 0.6 is 0 Å². The number of anilines is 1. The average Bonchev–Trinajstić information content (AvgIpc) is 3.45. The van der Waals surface area contributed by atoms with Gasteiger partial charge in [-0.3, -0.25) is 9.69 Å². The fraction of sp³-hybridized carbons (Fsp3) is 0.440. The number of benzene rings is 2. The molecule has 0 bridgehead atoms. The van der Waals surface area contributed by atoms with E-state index < -0.39 is 11.7 Å². The molecule has 2 fully saturated rings. The number of carbonyl (C=O) groups excluding carboxylic acids is 1. The Labute approximate surface area is 200 Å². The first kappa shape index (κ1) is 23.6. The molecule has 2 N–H and O–H groups in total. The van der Waals surface area contributed by atoms with Crippen molar-refractivity contribution in [1.82, 2.24) is 20.2 Å². The van der Waals surface area contributed by atoms with Crippen LogP contribution in [0.1, 0.15) is 30.7 Å². The maximum atomic E-state index is 13.2. The van der Waals surface area contributed by atoms with Gasteiger partial charge in [0.2, 0.25) is 5.91 Å². The maximum Gasteiger partial charge on any atom is 0.418 e. The van der Waals surface area contributed by atoms with Gasteiger partial charge in [0.05, 0.1) is 23.0 Å². The zero-order valence-electron chi connectivity index (χ0n) is 19.1. The van der Waals surface area contributed by atoms with Crippen molar-refractivity contribution in [1.29, 1.82) is 0 Å². The highest BCUT2D eigenvalue weighted by atomic mass is 19.4. The second kappa shape index (κ2) is 9.49. The largest absolute Gasteiger partial charge is 0.418 e. The standard InChI is InChI=1S/C25H27F4N5O/c26-16-4-6-18(7-5-16)33-12-9-19(10-13-33)34-11-8-17(15-34)30-23(35)14-22-31-21-3-1-2-20(24(21)32-22)25(27,28)29/h1-7,17,19H,8-15H2,(H,30,35)(H,31,32)/t17-/m1/s1. The van der Waals surface area contributed by atoms with Crippen LogP contribution in [0.3, 0.4) is 0 Å². The Morgan fingerprint density at radius 1 is 1.06 bits per heavy atom. The van der Waals surface area contributed by atoms with Gasteiger partial charge in [0.25, 0.3) is 0 Å². The molecule has 2 aromatic carbocycles. The van der Waals surface area contributed by atoms with E-state index in [1.807, 2.05) is 12.1 Å². The summed E-state index contributed by atoms with van der Waals surface area (Å²) in [6, 6.07) is 10.8. The van der Waals surface area contributed by atoms with Gasteiger partial charge in [0.1, 0.15) is 11.6 Å². The van der Waals surface area contributed by atoms with E-state index in [-0.39, 0.29) is 41.0 Å². The number of carbonyl (C=O) groups is 1. The van der Waals surface area contributed by atoms with Crippen molar-refractivity contribution in [3.8, 4) is 0 Å². The summed E-state index contributed by atoms with van der Waals surface area (Å²) in [5.74, 6) is -0.270. The number of aromatic amines is 1. The number of amides is 1. The number of hydrogen-bond donors (Lipinski definition) is 2. The van der Waals surface area contributed by atoms with Crippen LogP contribution in [-0.2, 0) is 17.4 Å². The normalized spacial score (nSPS) is 20.0. The number of hydrogen-bond acceptors (Lipinski definition) is 4. The molecule has 3 aromatic rings. The molecule has 1 amide bonds. The SMILES string of the molecule is O=C(Cc1nc2cccc(C(F)(F)F)c2[nH]1)N[C@@H]1CCN(C2CCN(c3ccc(F)cc3)CC2)C1. The monoisotopic (exact) mass is 489 g/mol. The molecule has 0 saturated carbocycles. The lowest BCUT2D eigenvalue weighted by atomic mass is 10.0. The average molecular weight is 490 g/mol. The highest BCUT2D eigenvalue weighted by Gasteiger charge is 2.34. The Bertz CT molecular complexity index is 1180. The Balaban J connectivity index is 1.12. The van der Waals surface area contributed by atoms with Gasteiger partial charge in [-0.1, -0.05) is 6.07 Å². The summed E-state index contributed by atoms with van der Waals surface area (Å²) in [5, 5.41) is 3.02. The number of H-pyrrole nitrogens is 1. The number of alkyl halides is 3. The van der Waals surface area contributed by atoms with Gasteiger partial charge >= 0.3 is 6.18 Å². The van der Waals surface area contributed by atoms with E-state index in [1.165, 1.54) is 24.3 Å². The zero-order chi connectivity index (χ0) is 24.6. The third-order valence-electron chi connectivity index (χ3n) is 6.96. The highest BCUT2D eigenvalue weighted by molar-refractivity contribution is 5.82. The van der Waals surface area contributed by atoms with Gasteiger partial charge in [-0.05, 0) is 55.7 Å².